The second kappa shape index (κ2) is 6.05. The molecule has 9 heavy (non-hydrogen) atoms. The van der Waals surface area contributed by atoms with Crippen molar-refractivity contribution in [3.8, 4) is 0 Å². The molecule has 0 bridgehead atoms. The Hall–Kier alpha value is -0.0800. The first-order chi connectivity index (χ1) is 4.35. The van der Waals surface area contributed by atoms with Crippen LogP contribution < -0.4 is 5.73 Å². The molecule has 0 saturated carbocycles. The van der Waals surface area contributed by atoms with Gasteiger partial charge in [-0.15, -0.1) is 0 Å². The van der Waals surface area contributed by atoms with Crippen LogP contribution in [0, 0.1) is 5.92 Å². The Labute approximate surface area is 57.4 Å². The summed E-state index contributed by atoms with van der Waals surface area (Å²) in [4.78, 5) is 0. The predicted molar refractivity (Wildman–Crippen MR) is 39.3 cm³/mol. The van der Waals surface area contributed by atoms with Crippen molar-refractivity contribution < 1.29 is 4.74 Å². The zero-order chi connectivity index (χ0) is 7.11. The van der Waals surface area contributed by atoms with E-state index in [0.717, 1.165) is 19.6 Å². The molecule has 56 valence electrons. The average molecular weight is 131 g/mol. The third-order valence-corrected chi connectivity index (χ3v) is 1.64. The van der Waals surface area contributed by atoms with Gasteiger partial charge in [-0.2, -0.15) is 0 Å². The smallest absolute Gasteiger partial charge is 0.0465 e. The number of methoxy groups -OCH3 is 1. The van der Waals surface area contributed by atoms with Crippen molar-refractivity contribution in [2.75, 3.05) is 20.3 Å². The first-order valence-electron chi connectivity index (χ1n) is 3.54. The summed E-state index contributed by atoms with van der Waals surface area (Å²) in [6, 6.07) is 0. The molecule has 0 amide bonds. The fraction of sp³-hybridized carbons (Fsp3) is 1.00. The fourth-order valence-corrected chi connectivity index (χ4v) is 0.773. The summed E-state index contributed by atoms with van der Waals surface area (Å²) >= 11 is 0. The van der Waals surface area contributed by atoms with Crippen LogP contribution in [-0.2, 0) is 4.74 Å². The summed E-state index contributed by atoms with van der Waals surface area (Å²) in [7, 11) is 1.73. The zero-order valence-corrected chi connectivity index (χ0v) is 6.39. The summed E-state index contributed by atoms with van der Waals surface area (Å²) in [5.41, 5.74) is 5.47. The van der Waals surface area contributed by atoms with Crippen molar-refractivity contribution in [1.29, 1.82) is 0 Å². The molecule has 0 saturated heterocycles. The van der Waals surface area contributed by atoms with Gasteiger partial charge in [-0.25, -0.2) is 0 Å². The highest BCUT2D eigenvalue weighted by Gasteiger charge is 2.00. The van der Waals surface area contributed by atoms with Gasteiger partial charge in [0.05, 0.1) is 0 Å². The van der Waals surface area contributed by atoms with Gasteiger partial charge in [0.15, 0.2) is 0 Å². The van der Waals surface area contributed by atoms with Crippen molar-refractivity contribution in [1.82, 2.24) is 0 Å². The lowest BCUT2D eigenvalue weighted by Crippen LogP contribution is -2.14. The minimum Gasteiger partial charge on any atom is -0.385 e. The SMILES string of the molecule is CCC(CN)CCOC. The van der Waals surface area contributed by atoms with Crippen LogP contribution in [-0.4, -0.2) is 20.3 Å². The molecule has 1 atom stereocenters. The van der Waals surface area contributed by atoms with E-state index in [0.29, 0.717) is 5.92 Å². The molecule has 0 radical (unpaired) electrons. The van der Waals surface area contributed by atoms with Crippen LogP contribution in [0.25, 0.3) is 0 Å². The van der Waals surface area contributed by atoms with Crippen molar-refractivity contribution in [3.63, 3.8) is 0 Å². The average Bonchev–Trinajstić information content (AvgIpc) is 1.91. The van der Waals surface area contributed by atoms with E-state index in [-0.39, 0.29) is 0 Å². The fourth-order valence-electron chi connectivity index (χ4n) is 0.773. The lowest BCUT2D eigenvalue weighted by atomic mass is 10.0. The normalized spacial score (nSPS) is 13.7. The maximum atomic E-state index is 5.47. The molecule has 0 aliphatic heterocycles. The topological polar surface area (TPSA) is 35.2 Å². The van der Waals surface area contributed by atoms with Crippen LogP contribution in [0.1, 0.15) is 19.8 Å². The molecule has 2 N–H and O–H groups in total. The summed E-state index contributed by atoms with van der Waals surface area (Å²) in [6.45, 7) is 3.79. The third kappa shape index (κ3) is 4.43. The highest BCUT2D eigenvalue weighted by Crippen LogP contribution is 2.04. The largest absolute Gasteiger partial charge is 0.385 e. The van der Waals surface area contributed by atoms with E-state index >= 15 is 0 Å². The van der Waals surface area contributed by atoms with Crippen molar-refractivity contribution in [3.05, 3.63) is 0 Å². The van der Waals surface area contributed by atoms with Crippen molar-refractivity contribution in [2.24, 2.45) is 11.7 Å². The van der Waals surface area contributed by atoms with E-state index in [2.05, 4.69) is 6.92 Å². The zero-order valence-electron chi connectivity index (χ0n) is 6.39. The van der Waals surface area contributed by atoms with Crippen LogP contribution >= 0.6 is 0 Å². The van der Waals surface area contributed by atoms with Gasteiger partial charge < -0.3 is 10.5 Å². The molecule has 0 spiro atoms. The quantitative estimate of drug-likeness (QED) is 0.604. The summed E-state index contributed by atoms with van der Waals surface area (Å²) < 4.78 is 4.92. The molecule has 0 rings (SSSR count). The Kier molecular flexibility index (Phi) is 5.99. The highest BCUT2D eigenvalue weighted by atomic mass is 16.5. The molecular weight excluding hydrogens is 114 g/mol. The second-order valence-electron chi connectivity index (χ2n) is 2.29. The molecule has 2 heteroatoms. The third-order valence-electron chi connectivity index (χ3n) is 1.64. The van der Waals surface area contributed by atoms with E-state index in [4.69, 9.17) is 10.5 Å². The van der Waals surface area contributed by atoms with Gasteiger partial charge in [0.1, 0.15) is 0 Å². The Morgan fingerprint density at radius 3 is 2.56 bits per heavy atom. The molecule has 0 aromatic heterocycles. The summed E-state index contributed by atoms with van der Waals surface area (Å²) in [6.07, 6.45) is 2.27. The van der Waals surface area contributed by atoms with Gasteiger partial charge in [-0.1, -0.05) is 13.3 Å². The Morgan fingerprint density at radius 1 is 1.56 bits per heavy atom. The first-order valence-corrected chi connectivity index (χ1v) is 3.54. The van der Waals surface area contributed by atoms with Gasteiger partial charge in [0.2, 0.25) is 0 Å². The van der Waals surface area contributed by atoms with Gasteiger partial charge in [-0.05, 0) is 18.9 Å². The van der Waals surface area contributed by atoms with E-state index in [1.54, 1.807) is 7.11 Å². The summed E-state index contributed by atoms with van der Waals surface area (Å²) in [5.74, 6) is 0.657. The van der Waals surface area contributed by atoms with Gasteiger partial charge in [0, 0.05) is 13.7 Å². The van der Waals surface area contributed by atoms with Crippen LogP contribution in [0.5, 0.6) is 0 Å². The highest BCUT2D eigenvalue weighted by molar-refractivity contribution is 4.55. The molecular formula is C7H17NO. The lowest BCUT2D eigenvalue weighted by Gasteiger charge is -2.09. The molecule has 0 aromatic carbocycles. The lowest BCUT2D eigenvalue weighted by molar-refractivity contribution is 0.177. The monoisotopic (exact) mass is 131 g/mol. The molecule has 0 aliphatic rings. The Bertz CT molecular complexity index is 52.9. The van der Waals surface area contributed by atoms with Crippen LogP contribution in [0.3, 0.4) is 0 Å². The van der Waals surface area contributed by atoms with Gasteiger partial charge >= 0.3 is 0 Å². The number of nitrogens with two attached hydrogens (primary N) is 1. The second-order valence-corrected chi connectivity index (χ2v) is 2.29. The standard InChI is InChI=1S/C7H17NO/c1-3-7(6-8)4-5-9-2/h7H,3-6,8H2,1-2H3. The number of hydrogen-bond donors (Lipinski definition) is 1. The molecule has 0 aliphatic carbocycles. The maximum Gasteiger partial charge on any atom is 0.0465 e. The molecule has 0 aromatic rings. The molecule has 1 unspecified atom stereocenters. The number of hydrogen-bond acceptors (Lipinski definition) is 2. The van der Waals surface area contributed by atoms with E-state index < -0.39 is 0 Å². The van der Waals surface area contributed by atoms with Crippen molar-refractivity contribution >= 4 is 0 Å². The predicted octanol–water partition coefficient (Wildman–Crippen LogP) is 1.01. The maximum absolute atomic E-state index is 5.47. The first kappa shape index (κ1) is 8.92. The van der Waals surface area contributed by atoms with E-state index in [1.165, 1.54) is 6.42 Å². The van der Waals surface area contributed by atoms with E-state index in [1.807, 2.05) is 0 Å². The Balaban J connectivity index is 3.09. The van der Waals surface area contributed by atoms with Gasteiger partial charge in [0.25, 0.3) is 0 Å². The van der Waals surface area contributed by atoms with Crippen LogP contribution in [0.2, 0.25) is 0 Å². The molecule has 2 nitrogen and oxygen atoms in total. The van der Waals surface area contributed by atoms with Crippen LogP contribution in [0.15, 0.2) is 0 Å². The van der Waals surface area contributed by atoms with Crippen LogP contribution in [0.4, 0.5) is 0 Å². The van der Waals surface area contributed by atoms with Crippen molar-refractivity contribution in [2.45, 2.75) is 19.8 Å². The summed E-state index contributed by atoms with van der Waals surface area (Å²) in [5, 5.41) is 0. The van der Waals surface area contributed by atoms with E-state index in [9.17, 15) is 0 Å². The minimum atomic E-state index is 0.657. The Morgan fingerprint density at radius 2 is 2.22 bits per heavy atom. The number of ether oxygens (including phenoxy) is 1. The number of rotatable bonds is 5. The minimum absolute atomic E-state index is 0.657. The molecule has 0 fully saturated rings. The molecule has 0 heterocycles. The van der Waals surface area contributed by atoms with Gasteiger partial charge in [-0.3, -0.25) is 0 Å².